The van der Waals surface area contributed by atoms with Gasteiger partial charge >= 0.3 is 6.03 Å². The molecule has 2 rings (SSSR count). The summed E-state index contributed by atoms with van der Waals surface area (Å²) in [5, 5.41) is 6.19. The van der Waals surface area contributed by atoms with E-state index in [9.17, 15) is 4.79 Å². The lowest BCUT2D eigenvalue weighted by Crippen LogP contribution is -2.32. The summed E-state index contributed by atoms with van der Waals surface area (Å²) in [5.41, 5.74) is 2.19. The molecule has 1 aromatic rings. The maximum atomic E-state index is 11.6. The Kier molecular flexibility index (Phi) is 5.24. The number of halogens is 1. The second kappa shape index (κ2) is 7.16. The number of carbonyl (C=O) groups is 1. The zero-order chi connectivity index (χ0) is 13.5. The Morgan fingerprint density at radius 3 is 2.89 bits per heavy atom. The molecule has 0 spiro atoms. The summed E-state index contributed by atoms with van der Waals surface area (Å²) >= 11 is 5.87. The van der Waals surface area contributed by atoms with E-state index in [0.717, 1.165) is 31.6 Å². The molecule has 0 aromatic heterocycles. The Morgan fingerprint density at radius 2 is 2.16 bits per heavy atom. The molecule has 0 bridgehead atoms. The molecule has 0 saturated carbocycles. The number of ether oxygens (including phenoxy) is 1. The molecule has 19 heavy (non-hydrogen) atoms. The van der Waals surface area contributed by atoms with Crippen molar-refractivity contribution in [3.63, 3.8) is 0 Å². The fraction of sp³-hybridized carbons (Fsp3) is 0.357. The molecule has 1 aliphatic rings. The lowest BCUT2D eigenvalue weighted by Gasteiger charge is -2.14. The average molecular weight is 281 g/mol. The minimum atomic E-state index is -0.209. The maximum absolute atomic E-state index is 11.6. The molecule has 5 heteroatoms. The Labute approximate surface area is 117 Å². The van der Waals surface area contributed by atoms with Crippen LogP contribution in [-0.4, -0.2) is 19.2 Å². The highest BCUT2D eigenvalue weighted by Crippen LogP contribution is 2.12. The summed E-state index contributed by atoms with van der Waals surface area (Å²) in [6.07, 6.45) is 3.54. The Morgan fingerprint density at radius 1 is 1.37 bits per heavy atom. The Hall–Kier alpha value is -1.52. The molecule has 1 aromatic carbocycles. The number of hydrogen-bond donors (Lipinski definition) is 2. The van der Waals surface area contributed by atoms with Crippen LogP contribution >= 0.6 is 11.6 Å². The van der Waals surface area contributed by atoms with Gasteiger partial charge in [-0.05, 0) is 36.1 Å². The second-order valence-electron chi connectivity index (χ2n) is 4.37. The van der Waals surface area contributed by atoms with Gasteiger partial charge in [-0.3, -0.25) is 0 Å². The first-order valence-electron chi connectivity index (χ1n) is 6.28. The van der Waals surface area contributed by atoms with Crippen LogP contribution in [0.3, 0.4) is 0 Å². The molecule has 4 nitrogen and oxygen atoms in total. The highest BCUT2D eigenvalue weighted by Gasteiger charge is 2.05. The number of carbonyl (C=O) groups excluding carboxylic acids is 1. The zero-order valence-corrected chi connectivity index (χ0v) is 11.4. The van der Waals surface area contributed by atoms with E-state index in [1.54, 1.807) is 12.3 Å². The highest BCUT2D eigenvalue weighted by atomic mass is 35.5. The first kappa shape index (κ1) is 13.9. The highest BCUT2D eigenvalue weighted by molar-refractivity contribution is 6.30. The topological polar surface area (TPSA) is 50.4 Å². The second-order valence-corrected chi connectivity index (χ2v) is 4.81. The Balaban J connectivity index is 1.75. The van der Waals surface area contributed by atoms with Crippen LogP contribution in [-0.2, 0) is 11.3 Å². The third-order valence-corrected chi connectivity index (χ3v) is 3.12. The summed E-state index contributed by atoms with van der Waals surface area (Å²) in [4.78, 5) is 11.6. The molecule has 1 fully saturated rings. The van der Waals surface area contributed by atoms with Crippen LogP contribution in [0, 0.1) is 0 Å². The van der Waals surface area contributed by atoms with Crippen molar-refractivity contribution in [3.05, 3.63) is 46.6 Å². The molecule has 0 aliphatic carbocycles. The fourth-order valence-electron chi connectivity index (χ4n) is 1.83. The van der Waals surface area contributed by atoms with Crippen molar-refractivity contribution in [2.24, 2.45) is 0 Å². The Bertz CT molecular complexity index is 466. The van der Waals surface area contributed by atoms with Crippen LogP contribution in [0.1, 0.15) is 18.4 Å². The summed E-state index contributed by atoms with van der Waals surface area (Å²) in [6, 6.07) is 7.21. The van der Waals surface area contributed by atoms with Gasteiger partial charge in [0.25, 0.3) is 0 Å². The van der Waals surface area contributed by atoms with Gasteiger partial charge in [-0.25, -0.2) is 4.79 Å². The van der Waals surface area contributed by atoms with Gasteiger partial charge in [-0.1, -0.05) is 23.7 Å². The van der Waals surface area contributed by atoms with Gasteiger partial charge in [0.2, 0.25) is 0 Å². The normalized spacial score (nSPS) is 14.9. The van der Waals surface area contributed by atoms with E-state index in [1.807, 2.05) is 18.2 Å². The first-order chi connectivity index (χ1) is 9.24. The first-order valence-corrected chi connectivity index (χ1v) is 6.66. The smallest absolute Gasteiger partial charge is 0.319 e. The average Bonchev–Trinajstić information content (AvgIpc) is 2.44. The van der Waals surface area contributed by atoms with Crippen LogP contribution in [0.4, 0.5) is 4.79 Å². The summed E-state index contributed by atoms with van der Waals surface area (Å²) in [7, 11) is 0. The van der Waals surface area contributed by atoms with Crippen molar-refractivity contribution in [2.75, 3.05) is 13.2 Å². The minimum absolute atomic E-state index is 0.209. The van der Waals surface area contributed by atoms with Gasteiger partial charge in [0.15, 0.2) is 0 Å². The third-order valence-electron chi connectivity index (χ3n) is 2.88. The van der Waals surface area contributed by atoms with Gasteiger partial charge in [0, 0.05) is 17.8 Å². The van der Waals surface area contributed by atoms with Gasteiger partial charge in [-0.15, -0.1) is 0 Å². The van der Waals surface area contributed by atoms with E-state index < -0.39 is 0 Å². The number of urea groups is 1. The van der Waals surface area contributed by atoms with E-state index in [0.29, 0.717) is 11.6 Å². The predicted octanol–water partition coefficient (Wildman–Crippen LogP) is 2.83. The lowest BCUT2D eigenvalue weighted by atomic mass is 10.1. The van der Waals surface area contributed by atoms with Crippen LogP contribution in [0.5, 0.6) is 0 Å². The van der Waals surface area contributed by atoms with Crippen LogP contribution < -0.4 is 10.6 Å². The van der Waals surface area contributed by atoms with Crippen molar-refractivity contribution in [2.45, 2.75) is 19.4 Å². The van der Waals surface area contributed by atoms with Crippen molar-refractivity contribution in [3.8, 4) is 0 Å². The lowest BCUT2D eigenvalue weighted by molar-refractivity contribution is 0.119. The third kappa shape index (κ3) is 4.93. The number of amides is 2. The monoisotopic (exact) mass is 280 g/mol. The summed E-state index contributed by atoms with van der Waals surface area (Å²) in [6.45, 7) is 1.92. The summed E-state index contributed by atoms with van der Waals surface area (Å²) in [5.74, 6) is 0. The van der Waals surface area contributed by atoms with Crippen molar-refractivity contribution in [1.29, 1.82) is 0 Å². The van der Waals surface area contributed by atoms with E-state index >= 15 is 0 Å². The quantitative estimate of drug-likeness (QED) is 0.894. The molecule has 1 heterocycles. The molecule has 0 radical (unpaired) electrons. The van der Waals surface area contributed by atoms with Gasteiger partial charge in [0.05, 0.1) is 13.2 Å². The van der Waals surface area contributed by atoms with E-state index in [-0.39, 0.29) is 6.03 Å². The fourth-order valence-corrected chi connectivity index (χ4v) is 2.04. The van der Waals surface area contributed by atoms with Crippen molar-refractivity contribution >= 4 is 17.6 Å². The van der Waals surface area contributed by atoms with Gasteiger partial charge in [0.1, 0.15) is 0 Å². The molecule has 102 valence electrons. The molecule has 0 atom stereocenters. The van der Waals surface area contributed by atoms with E-state index in [4.69, 9.17) is 16.3 Å². The van der Waals surface area contributed by atoms with Gasteiger partial charge in [-0.2, -0.15) is 0 Å². The summed E-state index contributed by atoms with van der Waals surface area (Å²) < 4.78 is 5.24. The van der Waals surface area contributed by atoms with Gasteiger partial charge < -0.3 is 15.4 Å². The number of hydrogen-bond acceptors (Lipinski definition) is 2. The molecule has 2 amide bonds. The molecule has 1 saturated heterocycles. The number of nitrogens with one attached hydrogen (secondary N) is 2. The minimum Gasteiger partial charge on any atom is -0.381 e. The molecule has 2 N–H and O–H groups in total. The molecule has 1 aliphatic heterocycles. The molecule has 0 unspecified atom stereocenters. The van der Waals surface area contributed by atoms with Crippen LogP contribution in [0.15, 0.2) is 36.0 Å². The zero-order valence-electron chi connectivity index (χ0n) is 10.6. The van der Waals surface area contributed by atoms with Crippen molar-refractivity contribution in [1.82, 2.24) is 10.6 Å². The largest absolute Gasteiger partial charge is 0.381 e. The van der Waals surface area contributed by atoms with E-state index in [1.165, 1.54) is 5.57 Å². The van der Waals surface area contributed by atoms with E-state index in [2.05, 4.69) is 10.6 Å². The van der Waals surface area contributed by atoms with Crippen molar-refractivity contribution < 1.29 is 9.53 Å². The standard InChI is InChI=1S/C14H17ClN2O2/c15-13-3-1-2-12(8-13)10-17-14(18)16-9-11-4-6-19-7-5-11/h1-3,8-9H,4-7,10H2,(H2,16,17,18). The number of benzene rings is 1. The predicted molar refractivity (Wildman–Crippen MR) is 75.0 cm³/mol. The number of rotatable bonds is 3. The van der Waals surface area contributed by atoms with Crippen LogP contribution in [0.2, 0.25) is 5.02 Å². The molecular weight excluding hydrogens is 264 g/mol. The molecular formula is C14H17ClN2O2. The van der Waals surface area contributed by atoms with Crippen LogP contribution in [0.25, 0.3) is 0 Å². The maximum Gasteiger partial charge on any atom is 0.319 e. The SMILES string of the molecule is O=C(NC=C1CCOCC1)NCc1cccc(Cl)c1.